The minimum Gasteiger partial charge on any atom is -0.311 e. The third-order valence-corrected chi connectivity index (χ3v) is 1.63. The maximum atomic E-state index is 11.2. The number of rotatable bonds is 0. The highest BCUT2D eigenvalue weighted by Crippen LogP contribution is 1.95. The summed E-state index contributed by atoms with van der Waals surface area (Å²) in [7, 11) is 0. The van der Waals surface area contributed by atoms with E-state index in [4.69, 9.17) is 0 Å². The number of fused-ring (bicyclic) bond motifs is 1. The van der Waals surface area contributed by atoms with Gasteiger partial charge in [0.25, 0.3) is 11.1 Å². The molecule has 0 spiro atoms. The fourth-order valence-corrected chi connectivity index (χ4v) is 1.05. The molecule has 0 aliphatic carbocycles. The Kier molecular flexibility index (Phi) is 1.63. The van der Waals surface area contributed by atoms with Gasteiger partial charge in [0.1, 0.15) is 5.52 Å². The molecule has 0 aliphatic heterocycles. The van der Waals surface area contributed by atoms with E-state index in [1.54, 1.807) is 6.07 Å². The minimum atomic E-state index is -0.457. The standard InChI is InChI=1S/C8H5N3O2/c12-7-5-2-1-3-9-6(5)8(13)11-4-10-7/h1-4H,(H,10,11,12,13). The Bertz CT molecular complexity index is 512. The molecule has 13 heavy (non-hydrogen) atoms. The smallest absolute Gasteiger partial charge is 0.280 e. The summed E-state index contributed by atoms with van der Waals surface area (Å²) in [6, 6.07) is 3.11. The van der Waals surface area contributed by atoms with Gasteiger partial charge in [-0.05, 0) is 12.1 Å². The van der Waals surface area contributed by atoms with Crippen LogP contribution in [0.2, 0.25) is 0 Å². The molecule has 0 fully saturated rings. The summed E-state index contributed by atoms with van der Waals surface area (Å²) in [5.41, 5.74) is -0.753. The monoisotopic (exact) mass is 175 g/mol. The van der Waals surface area contributed by atoms with E-state index in [-0.39, 0.29) is 10.9 Å². The van der Waals surface area contributed by atoms with Crippen molar-refractivity contribution >= 4 is 10.9 Å². The topological polar surface area (TPSA) is 75.7 Å². The third kappa shape index (κ3) is 1.20. The van der Waals surface area contributed by atoms with Gasteiger partial charge in [0.2, 0.25) is 0 Å². The van der Waals surface area contributed by atoms with Crippen LogP contribution in [0, 0.1) is 0 Å². The van der Waals surface area contributed by atoms with E-state index in [1.807, 2.05) is 0 Å². The Morgan fingerprint density at radius 2 is 2.08 bits per heavy atom. The quantitative estimate of drug-likeness (QED) is 0.595. The molecule has 0 saturated heterocycles. The van der Waals surface area contributed by atoms with Crippen LogP contribution in [0.5, 0.6) is 0 Å². The molecule has 1 N–H and O–H groups in total. The van der Waals surface area contributed by atoms with Gasteiger partial charge in [-0.1, -0.05) is 0 Å². The first kappa shape index (κ1) is 7.60. The van der Waals surface area contributed by atoms with Crippen LogP contribution in [0.25, 0.3) is 10.9 Å². The predicted molar refractivity (Wildman–Crippen MR) is 46.4 cm³/mol. The van der Waals surface area contributed by atoms with Gasteiger partial charge < -0.3 is 4.98 Å². The van der Waals surface area contributed by atoms with E-state index < -0.39 is 11.1 Å². The lowest BCUT2D eigenvalue weighted by Crippen LogP contribution is -2.05. The summed E-state index contributed by atoms with van der Waals surface area (Å²) in [6.45, 7) is 0. The molecule has 5 heteroatoms. The maximum Gasteiger partial charge on any atom is 0.280 e. The van der Waals surface area contributed by atoms with Gasteiger partial charge in [-0.2, -0.15) is 4.98 Å². The van der Waals surface area contributed by atoms with Gasteiger partial charge in [-0.3, -0.25) is 14.6 Å². The summed E-state index contributed by atoms with van der Waals surface area (Å²) in [4.78, 5) is 32.0. The fraction of sp³-hybridized carbons (Fsp3) is 0. The van der Waals surface area contributed by atoms with Gasteiger partial charge in [-0.25, -0.2) is 0 Å². The van der Waals surface area contributed by atoms with Crippen LogP contribution in [0.3, 0.4) is 0 Å². The Hall–Kier alpha value is -2.04. The molecule has 0 radical (unpaired) electrons. The molecule has 0 atom stereocenters. The van der Waals surface area contributed by atoms with Crippen molar-refractivity contribution in [3.05, 3.63) is 45.4 Å². The van der Waals surface area contributed by atoms with Crippen molar-refractivity contribution in [3.63, 3.8) is 0 Å². The van der Waals surface area contributed by atoms with Crippen LogP contribution in [0.1, 0.15) is 0 Å². The number of pyridine rings is 1. The van der Waals surface area contributed by atoms with Gasteiger partial charge in [0.15, 0.2) is 0 Å². The lowest BCUT2D eigenvalue weighted by Gasteiger charge is -1.84. The fourth-order valence-electron chi connectivity index (χ4n) is 1.05. The van der Waals surface area contributed by atoms with Crippen molar-refractivity contribution < 1.29 is 0 Å². The second-order valence-electron chi connectivity index (χ2n) is 2.44. The molecule has 2 aromatic rings. The van der Waals surface area contributed by atoms with Gasteiger partial charge in [0.05, 0.1) is 11.7 Å². The van der Waals surface area contributed by atoms with E-state index in [9.17, 15) is 9.59 Å². The van der Waals surface area contributed by atoms with Crippen molar-refractivity contribution in [2.24, 2.45) is 0 Å². The summed E-state index contributed by atoms with van der Waals surface area (Å²) in [5, 5.41) is 0.230. The molecule has 2 rings (SSSR count). The highest BCUT2D eigenvalue weighted by molar-refractivity contribution is 5.75. The molecule has 2 aromatic heterocycles. The van der Waals surface area contributed by atoms with E-state index >= 15 is 0 Å². The zero-order chi connectivity index (χ0) is 9.26. The van der Waals surface area contributed by atoms with Crippen LogP contribution in [-0.4, -0.2) is 15.0 Å². The minimum absolute atomic E-state index is 0.116. The van der Waals surface area contributed by atoms with Gasteiger partial charge in [-0.15, -0.1) is 0 Å². The number of nitrogens with one attached hydrogen (secondary N) is 1. The Labute approximate surface area is 72.1 Å². The summed E-state index contributed by atoms with van der Waals surface area (Å²) in [6.07, 6.45) is 2.53. The molecule has 64 valence electrons. The molecule has 0 aliphatic rings. The van der Waals surface area contributed by atoms with Crippen molar-refractivity contribution in [2.45, 2.75) is 0 Å². The van der Waals surface area contributed by atoms with Crippen LogP contribution in [-0.2, 0) is 0 Å². The summed E-state index contributed by atoms with van der Waals surface area (Å²) < 4.78 is 0. The number of hydrogen-bond donors (Lipinski definition) is 1. The zero-order valence-corrected chi connectivity index (χ0v) is 6.52. The van der Waals surface area contributed by atoms with Crippen molar-refractivity contribution in [1.29, 1.82) is 0 Å². The third-order valence-electron chi connectivity index (χ3n) is 1.63. The Morgan fingerprint density at radius 3 is 2.92 bits per heavy atom. The van der Waals surface area contributed by atoms with Gasteiger partial charge in [0, 0.05) is 6.20 Å². The van der Waals surface area contributed by atoms with E-state index in [1.165, 1.54) is 12.3 Å². The SMILES string of the molecule is O=c1nc[nH]c(=O)c2ncccc12. The Morgan fingerprint density at radius 1 is 1.23 bits per heavy atom. The molecular formula is C8H5N3O2. The average molecular weight is 175 g/mol. The number of hydrogen-bond acceptors (Lipinski definition) is 4. The second-order valence-corrected chi connectivity index (χ2v) is 2.44. The molecule has 0 aromatic carbocycles. The number of H-pyrrole nitrogens is 1. The van der Waals surface area contributed by atoms with E-state index in [2.05, 4.69) is 15.0 Å². The largest absolute Gasteiger partial charge is 0.311 e. The van der Waals surface area contributed by atoms with Crippen molar-refractivity contribution in [3.8, 4) is 0 Å². The normalized spacial score (nSPS) is 10.2. The first-order valence-corrected chi connectivity index (χ1v) is 3.62. The lowest BCUT2D eigenvalue weighted by atomic mass is 10.3. The highest BCUT2D eigenvalue weighted by atomic mass is 16.1. The molecule has 0 saturated carbocycles. The average Bonchev–Trinajstić information content (AvgIpc) is 2.29. The molecular weight excluding hydrogens is 170 g/mol. The van der Waals surface area contributed by atoms with E-state index in [0.717, 1.165) is 6.33 Å². The highest BCUT2D eigenvalue weighted by Gasteiger charge is 1.99. The predicted octanol–water partition coefficient (Wildman–Crippen LogP) is -0.322. The lowest BCUT2D eigenvalue weighted by molar-refractivity contribution is 1.16. The number of aromatic amines is 1. The first-order valence-electron chi connectivity index (χ1n) is 3.62. The van der Waals surface area contributed by atoms with E-state index in [0.29, 0.717) is 0 Å². The van der Waals surface area contributed by atoms with Crippen LogP contribution < -0.4 is 11.1 Å². The first-order chi connectivity index (χ1) is 6.29. The van der Waals surface area contributed by atoms with Crippen molar-refractivity contribution in [2.75, 3.05) is 0 Å². The second kappa shape index (κ2) is 2.78. The molecule has 0 bridgehead atoms. The Balaban J connectivity index is 3.19. The molecule has 5 nitrogen and oxygen atoms in total. The molecule has 0 unspecified atom stereocenters. The van der Waals surface area contributed by atoms with Crippen molar-refractivity contribution in [1.82, 2.24) is 15.0 Å². The van der Waals surface area contributed by atoms with Crippen LogP contribution in [0.4, 0.5) is 0 Å². The zero-order valence-electron chi connectivity index (χ0n) is 6.52. The molecule has 2 heterocycles. The number of nitrogens with zero attached hydrogens (tertiary/aromatic N) is 2. The van der Waals surface area contributed by atoms with Crippen LogP contribution in [0.15, 0.2) is 34.2 Å². The van der Waals surface area contributed by atoms with Gasteiger partial charge >= 0.3 is 0 Å². The number of aromatic nitrogens is 3. The van der Waals surface area contributed by atoms with Crippen LogP contribution >= 0.6 is 0 Å². The summed E-state index contributed by atoms with van der Waals surface area (Å²) >= 11 is 0. The maximum absolute atomic E-state index is 11.2. The molecule has 0 amide bonds. The summed E-state index contributed by atoms with van der Waals surface area (Å²) in [5.74, 6) is 0.